The quantitative estimate of drug-likeness (QED) is 0.367. The first-order valence-corrected chi connectivity index (χ1v) is 13.5. The number of nitrogens with zero attached hydrogens (tertiary/aromatic N) is 2. The van der Waals surface area contributed by atoms with Gasteiger partial charge >= 0.3 is 0 Å². The minimum atomic E-state index is -0.142. The zero-order valence-electron chi connectivity index (χ0n) is 21.3. The summed E-state index contributed by atoms with van der Waals surface area (Å²) in [4.78, 5) is 18.4. The van der Waals surface area contributed by atoms with Crippen LogP contribution in [-0.2, 0) is 6.54 Å². The van der Waals surface area contributed by atoms with Gasteiger partial charge < -0.3 is 4.90 Å². The molecule has 2 fully saturated rings. The molecule has 1 heterocycles. The maximum Gasteiger partial charge on any atom is 0.254 e. The molecule has 3 aromatic carbocycles. The molecule has 3 nitrogen and oxygen atoms in total. The van der Waals surface area contributed by atoms with Crippen molar-refractivity contribution in [2.75, 3.05) is 19.6 Å². The van der Waals surface area contributed by atoms with E-state index in [1.54, 1.807) is 12.1 Å². The number of benzene rings is 3. The Morgan fingerprint density at radius 2 is 1.58 bits per heavy atom. The highest BCUT2D eigenvalue weighted by Crippen LogP contribution is 2.37. The molecule has 0 radical (unpaired) electrons. The summed E-state index contributed by atoms with van der Waals surface area (Å²) in [5, 5.41) is 0. The standard InChI is InChI=1S/C32H37FN2O/c1-24-12-8-10-18-29(24)30-23-34(20-26-15-9-11-19-31(26)33)21-27(30)22-35(28-16-6-3-7-17-28)32(36)25-13-4-2-5-14-25/h2,4-5,8-15,18-19,27-28,30H,3,6-7,16-17,20-23H2,1H3/t27-,30-/m1/s1. The van der Waals surface area contributed by atoms with Crippen LogP contribution in [0.3, 0.4) is 0 Å². The number of amides is 1. The highest BCUT2D eigenvalue weighted by molar-refractivity contribution is 5.94. The van der Waals surface area contributed by atoms with Crippen LogP contribution < -0.4 is 0 Å². The number of hydrogen-bond acceptors (Lipinski definition) is 2. The average Bonchev–Trinajstić information content (AvgIpc) is 3.31. The molecule has 0 spiro atoms. The topological polar surface area (TPSA) is 23.6 Å². The van der Waals surface area contributed by atoms with Gasteiger partial charge in [0.15, 0.2) is 0 Å². The molecule has 0 unspecified atom stereocenters. The summed E-state index contributed by atoms with van der Waals surface area (Å²) < 4.78 is 14.5. The Morgan fingerprint density at radius 3 is 2.33 bits per heavy atom. The Hall–Kier alpha value is -2.98. The fraction of sp³-hybridized carbons (Fsp3) is 0.406. The molecular weight excluding hydrogens is 447 g/mol. The molecule has 0 aromatic heterocycles. The summed E-state index contributed by atoms with van der Waals surface area (Å²) >= 11 is 0. The smallest absolute Gasteiger partial charge is 0.254 e. The number of halogens is 1. The van der Waals surface area contributed by atoms with E-state index in [0.717, 1.165) is 43.6 Å². The molecule has 1 aliphatic heterocycles. The molecule has 2 atom stereocenters. The Kier molecular flexibility index (Phi) is 7.81. The summed E-state index contributed by atoms with van der Waals surface area (Å²) in [6, 6.07) is 25.8. The van der Waals surface area contributed by atoms with Crippen molar-refractivity contribution in [1.82, 2.24) is 9.80 Å². The lowest BCUT2D eigenvalue weighted by Gasteiger charge is -2.37. The highest BCUT2D eigenvalue weighted by atomic mass is 19.1. The predicted octanol–water partition coefficient (Wildman–Crippen LogP) is 6.82. The molecule has 1 amide bonds. The maximum absolute atomic E-state index is 14.5. The molecule has 1 saturated carbocycles. The fourth-order valence-corrected chi connectivity index (χ4v) is 6.29. The lowest BCUT2D eigenvalue weighted by molar-refractivity contribution is 0.0588. The minimum Gasteiger partial charge on any atom is -0.335 e. The highest BCUT2D eigenvalue weighted by Gasteiger charge is 2.38. The minimum absolute atomic E-state index is 0.142. The number of rotatable bonds is 7. The Balaban J connectivity index is 1.43. The number of carbonyl (C=O) groups is 1. The van der Waals surface area contributed by atoms with Gasteiger partial charge in [-0.15, -0.1) is 0 Å². The van der Waals surface area contributed by atoms with Crippen LogP contribution in [0.15, 0.2) is 78.9 Å². The van der Waals surface area contributed by atoms with Gasteiger partial charge in [0.05, 0.1) is 0 Å². The molecule has 188 valence electrons. The lowest BCUT2D eigenvalue weighted by atomic mass is 9.85. The van der Waals surface area contributed by atoms with Crippen LogP contribution in [0.2, 0.25) is 0 Å². The third-order valence-corrected chi connectivity index (χ3v) is 8.18. The first kappa shape index (κ1) is 24.7. The average molecular weight is 485 g/mol. The van der Waals surface area contributed by atoms with E-state index in [1.807, 2.05) is 42.5 Å². The van der Waals surface area contributed by atoms with Crippen LogP contribution in [0, 0.1) is 18.7 Å². The molecule has 2 aliphatic rings. The Bertz CT molecular complexity index is 1160. The van der Waals surface area contributed by atoms with Crippen LogP contribution in [-0.4, -0.2) is 41.4 Å². The number of likely N-dealkylation sites (tertiary alicyclic amines) is 1. The monoisotopic (exact) mass is 484 g/mol. The summed E-state index contributed by atoms with van der Waals surface area (Å²) in [6.45, 7) is 5.26. The van der Waals surface area contributed by atoms with Gasteiger partial charge in [0.25, 0.3) is 5.91 Å². The summed E-state index contributed by atoms with van der Waals surface area (Å²) in [6.07, 6.45) is 5.80. The van der Waals surface area contributed by atoms with Gasteiger partial charge in [-0.1, -0.05) is 79.9 Å². The van der Waals surface area contributed by atoms with Crippen LogP contribution >= 0.6 is 0 Å². The van der Waals surface area contributed by atoms with E-state index in [4.69, 9.17) is 0 Å². The van der Waals surface area contributed by atoms with E-state index < -0.39 is 0 Å². The molecular formula is C32H37FN2O. The van der Waals surface area contributed by atoms with Gasteiger partial charge in [-0.2, -0.15) is 0 Å². The van der Waals surface area contributed by atoms with E-state index in [2.05, 4.69) is 41.0 Å². The molecule has 4 heteroatoms. The van der Waals surface area contributed by atoms with Gasteiger partial charge in [0.2, 0.25) is 0 Å². The van der Waals surface area contributed by atoms with Crippen molar-refractivity contribution in [2.24, 2.45) is 5.92 Å². The first-order valence-electron chi connectivity index (χ1n) is 13.5. The van der Waals surface area contributed by atoms with Crippen LogP contribution in [0.5, 0.6) is 0 Å². The molecule has 0 bridgehead atoms. The number of hydrogen-bond donors (Lipinski definition) is 0. The SMILES string of the molecule is Cc1ccccc1[C@@H]1CN(Cc2ccccc2F)C[C@@H]1CN(C(=O)c1ccccc1)C1CCCCC1. The Labute approximate surface area is 214 Å². The molecule has 0 N–H and O–H groups in total. The van der Waals surface area contributed by atoms with Crippen molar-refractivity contribution in [1.29, 1.82) is 0 Å². The number of aryl methyl sites for hydroxylation is 1. The fourth-order valence-electron chi connectivity index (χ4n) is 6.29. The third kappa shape index (κ3) is 5.54. The predicted molar refractivity (Wildman–Crippen MR) is 143 cm³/mol. The third-order valence-electron chi connectivity index (χ3n) is 8.18. The molecule has 3 aromatic rings. The molecule has 5 rings (SSSR count). The summed E-state index contributed by atoms with van der Waals surface area (Å²) in [7, 11) is 0. The zero-order valence-corrected chi connectivity index (χ0v) is 21.3. The van der Waals surface area contributed by atoms with E-state index in [9.17, 15) is 9.18 Å². The first-order chi connectivity index (χ1) is 17.6. The number of carbonyl (C=O) groups excluding carboxylic acids is 1. The van der Waals surface area contributed by atoms with Gasteiger partial charge in [-0.3, -0.25) is 9.69 Å². The van der Waals surface area contributed by atoms with Crippen molar-refractivity contribution in [3.63, 3.8) is 0 Å². The van der Waals surface area contributed by atoms with E-state index in [-0.39, 0.29) is 11.7 Å². The summed E-state index contributed by atoms with van der Waals surface area (Å²) in [5.41, 5.74) is 4.16. The van der Waals surface area contributed by atoms with E-state index in [0.29, 0.717) is 24.4 Å². The van der Waals surface area contributed by atoms with Gasteiger partial charge in [-0.25, -0.2) is 4.39 Å². The zero-order chi connectivity index (χ0) is 24.9. The second-order valence-corrected chi connectivity index (χ2v) is 10.6. The van der Waals surface area contributed by atoms with Gasteiger partial charge in [-0.05, 0) is 55.0 Å². The normalized spacial score (nSPS) is 20.9. The van der Waals surface area contributed by atoms with Crippen molar-refractivity contribution in [2.45, 2.75) is 57.5 Å². The molecule has 1 saturated heterocycles. The van der Waals surface area contributed by atoms with E-state index in [1.165, 1.54) is 30.4 Å². The molecule has 1 aliphatic carbocycles. The van der Waals surface area contributed by atoms with Crippen molar-refractivity contribution in [3.05, 3.63) is 107 Å². The van der Waals surface area contributed by atoms with Crippen LogP contribution in [0.4, 0.5) is 4.39 Å². The maximum atomic E-state index is 14.5. The van der Waals surface area contributed by atoms with E-state index >= 15 is 0 Å². The van der Waals surface area contributed by atoms with Crippen molar-refractivity contribution < 1.29 is 9.18 Å². The van der Waals surface area contributed by atoms with Crippen LogP contribution in [0.25, 0.3) is 0 Å². The van der Waals surface area contributed by atoms with Gasteiger partial charge in [0, 0.05) is 49.3 Å². The van der Waals surface area contributed by atoms with Gasteiger partial charge in [0.1, 0.15) is 5.82 Å². The largest absolute Gasteiger partial charge is 0.335 e. The van der Waals surface area contributed by atoms with Crippen molar-refractivity contribution in [3.8, 4) is 0 Å². The Morgan fingerprint density at radius 1 is 0.889 bits per heavy atom. The lowest BCUT2D eigenvalue weighted by Crippen LogP contribution is -2.45. The second kappa shape index (κ2) is 11.4. The summed E-state index contributed by atoms with van der Waals surface area (Å²) in [5.74, 6) is 0.621. The molecule has 36 heavy (non-hydrogen) atoms. The van der Waals surface area contributed by atoms with Crippen LogP contribution in [0.1, 0.15) is 65.1 Å². The van der Waals surface area contributed by atoms with Crippen molar-refractivity contribution >= 4 is 5.91 Å². The second-order valence-electron chi connectivity index (χ2n) is 10.6.